The molecule has 0 unspecified atom stereocenters. The van der Waals surface area contributed by atoms with Crippen LogP contribution in [-0.2, 0) is 6.54 Å². The van der Waals surface area contributed by atoms with Gasteiger partial charge in [-0.2, -0.15) is 0 Å². The van der Waals surface area contributed by atoms with Crippen LogP contribution >= 0.6 is 15.9 Å². The molecule has 0 aliphatic heterocycles. The van der Waals surface area contributed by atoms with E-state index in [-0.39, 0.29) is 35.3 Å². The largest absolute Gasteiger partial charge is 0.508 e. The lowest BCUT2D eigenvalue weighted by atomic mass is 9.96. The molecule has 0 radical (unpaired) electrons. The average molecular weight is 396 g/mol. The number of nitrogens with one attached hydrogen (secondary N) is 1. The number of aromatic carboxylic acids is 1. The second kappa shape index (κ2) is 7.00. The van der Waals surface area contributed by atoms with Gasteiger partial charge in [0.2, 0.25) is 0 Å². The molecule has 0 aliphatic rings. The quantitative estimate of drug-likeness (QED) is 0.489. The van der Waals surface area contributed by atoms with Crippen molar-refractivity contribution in [3.05, 3.63) is 45.4 Å². The van der Waals surface area contributed by atoms with E-state index in [2.05, 4.69) is 21.2 Å². The molecule has 0 saturated heterocycles. The standard InChI is InChI=1S/C17H18BrNO5/c1-8(2)15-12(4-3-10(16(15)22)17(23)24)19-7-9-5-14(21)11(18)6-13(9)20/h3-6,8,19-22H,7H2,1-2H3,(H,23,24). The van der Waals surface area contributed by atoms with Gasteiger partial charge in [-0.25, -0.2) is 4.79 Å². The van der Waals surface area contributed by atoms with Crippen molar-refractivity contribution in [2.24, 2.45) is 0 Å². The molecule has 24 heavy (non-hydrogen) atoms. The summed E-state index contributed by atoms with van der Waals surface area (Å²) in [4.78, 5) is 11.2. The van der Waals surface area contributed by atoms with E-state index < -0.39 is 5.97 Å². The number of phenols is 3. The van der Waals surface area contributed by atoms with Crippen LogP contribution in [-0.4, -0.2) is 26.4 Å². The topological polar surface area (TPSA) is 110 Å². The van der Waals surface area contributed by atoms with E-state index in [1.807, 2.05) is 13.8 Å². The Morgan fingerprint density at radius 2 is 1.83 bits per heavy atom. The predicted octanol–water partition coefficient (Wildman–Crippen LogP) is 4.00. The zero-order valence-electron chi connectivity index (χ0n) is 13.2. The van der Waals surface area contributed by atoms with E-state index in [0.717, 1.165) is 0 Å². The smallest absolute Gasteiger partial charge is 0.339 e. The van der Waals surface area contributed by atoms with Gasteiger partial charge in [0.1, 0.15) is 22.8 Å². The van der Waals surface area contributed by atoms with Crippen LogP contribution in [0, 0.1) is 0 Å². The predicted molar refractivity (Wildman–Crippen MR) is 94.0 cm³/mol. The minimum Gasteiger partial charge on any atom is -0.508 e. The molecule has 7 heteroatoms. The van der Waals surface area contributed by atoms with Gasteiger partial charge in [0.05, 0.1) is 4.47 Å². The molecule has 0 bridgehead atoms. The Balaban J connectivity index is 2.35. The van der Waals surface area contributed by atoms with E-state index in [1.54, 1.807) is 6.07 Å². The summed E-state index contributed by atoms with van der Waals surface area (Å²) in [6, 6.07) is 5.71. The molecule has 5 N–H and O–H groups in total. The van der Waals surface area contributed by atoms with Crippen LogP contribution in [0.1, 0.15) is 41.3 Å². The Bertz CT molecular complexity index is 789. The van der Waals surface area contributed by atoms with Gasteiger partial charge in [-0.3, -0.25) is 0 Å². The first-order chi connectivity index (χ1) is 11.2. The second-order valence-electron chi connectivity index (χ2n) is 5.67. The lowest BCUT2D eigenvalue weighted by molar-refractivity contribution is 0.0693. The van der Waals surface area contributed by atoms with Gasteiger partial charge in [-0.1, -0.05) is 13.8 Å². The zero-order valence-corrected chi connectivity index (χ0v) is 14.8. The van der Waals surface area contributed by atoms with Gasteiger partial charge in [0.25, 0.3) is 0 Å². The van der Waals surface area contributed by atoms with Crippen LogP contribution in [0.15, 0.2) is 28.7 Å². The van der Waals surface area contributed by atoms with Crippen LogP contribution in [0.5, 0.6) is 17.2 Å². The van der Waals surface area contributed by atoms with Gasteiger partial charge in [0.15, 0.2) is 0 Å². The number of carbonyl (C=O) groups is 1. The van der Waals surface area contributed by atoms with Crippen molar-refractivity contribution < 1.29 is 25.2 Å². The van der Waals surface area contributed by atoms with Crippen molar-refractivity contribution in [2.45, 2.75) is 26.3 Å². The Hall–Kier alpha value is -2.41. The fourth-order valence-corrected chi connectivity index (χ4v) is 2.78. The summed E-state index contributed by atoms with van der Waals surface area (Å²) in [5, 5.41) is 42.1. The van der Waals surface area contributed by atoms with Crippen LogP contribution < -0.4 is 5.32 Å². The lowest BCUT2D eigenvalue weighted by Gasteiger charge is -2.18. The van der Waals surface area contributed by atoms with E-state index in [9.17, 15) is 20.1 Å². The highest BCUT2D eigenvalue weighted by Gasteiger charge is 2.19. The summed E-state index contributed by atoms with van der Waals surface area (Å²) in [6.45, 7) is 3.88. The molecule has 0 aromatic heterocycles. The molecule has 2 aromatic carbocycles. The van der Waals surface area contributed by atoms with Crippen molar-refractivity contribution >= 4 is 27.6 Å². The highest BCUT2D eigenvalue weighted by atomic mass is 79.9. The molecule has 0 heterocycles. The Labute approximate surface area is 147 Å². The summed E-state index contributed by atoms with van der Waals surface area (Å²) in [5.74, 6) is -1.58. The van der Waals surface area contributed by atoms with Crippen LogP contribution in [0.4, 0.5) is 5.69 Å². The first-order valence-corrected chi connectivity index (χ1v) is 8.05. The van der Waals surface area contributed by atoms with Gasteiger partial charge >= 0.3 is 5.97 Å². The maximum atomic E-state index is 11.2. The molecule has 0 fully saturated rings. The van der Waals surface area contributed by atoms with Gasteiger partial charge < -0.3 is 25.7 Å². The third kappa shape index (κ3) is 3.56. The zero-order chi connectivity index (χ0) is 18.0. The summed E-state index contributed by atoms with van der Waals surface area (Å²) in [7, 11) is 0. The van der Waals surface area contributed by atoms with Gasteiger partial charge in [0, 0.05) is 23.4 Å². The number of phenolic OH excluding ortho intramolecular Hbond substituents is 2. The summed E-state index contributed by atoms with van der Waals surface area (Å²) < 4.78 is 0.384. The second-order valence-corrected chi connectivity index (χ2v) is 6.52. The first kappa shape index (κ1) is 17.9. The lowest BCUT2D eigenvalue weighted by Crippen LogP contribution is -2.07. The molecule has 0 amide bonds. The number of rotatable bonds is 5. The molecule has 0 aliphatic carbocycles. The van der Waals surface area contributed by atoms with Crippen molar-refractivity contribution in [3.63, 3.8) is 0 Å². The van der Waals surface area contributed by atoms with Crippen molar-refractivity contribution in [1.29, 1.82) is 0 Å². The maximum Gasteiger partial charge on any atom is 0.339 e. The highest BCUT2D eigenvalue weighted by molar-refractivity contribution is 9.10. The van der Waals surface area contributed by atoms with Crippen molar-refractivity contribution in [3.8, 4) is 17.2 Å². The van der Waals surface area contributed by atoms with Crippen molar-refractivity contribution in [1.82, 2.24) is 0 Å². The van der Waals surface area contributed by atoms with E-state index in [1.165, 1.54) is 18.2 Å². The Kier molecular flexibility index (Phi) is 5.23. The number of carboxylic acids is 1. The summed E-state index contributed by atoms with van der Waals surface area (Å²) in [5.41, 5.74) is 1.35. The Morgan fingerprint density at radius 1 is 1.17 bits per heavy atom. The van der Waals surface area contributed by atoms with Gasteiger partial charge in [-0.15, -0.1) is 0 Å². The molecular formula is C17H18BrNO5. The first-order valence-electron chi connectivity index (χ1n) is 7.25. The summed E-state index contributed by atoms with van der Waals surface area (Å²) in [6.07, 6.45) is 0. The third-order valence-corrected chi connectivity index (χ3v) is 4.28. The fraction of sp³-hybridized carbons (Fsp3) is 0.235. The normalized spacial score (nSPS) is 10.8. The number of carboxylic acid groups (broad SMARTS) is 1. The number of hydrogen-bond acceptors (Lipinski definition) is 5. The SMILES string of the molecule is CC(C)c1c(NCc2cc(O)c(Br)cc2O)ccc(C(=O)O)c1O. The van der Waals surface area contributed by atoms with Crippen LogP contribution in [0.3, 0.4) is 0 Å². The van der Waals surface area contributed by atoms with E-state index in [0.29, 0.717) is 21.3 Å². The minimum absolute atomic E-state index is 0.00208. The number of hydrogen-bond donors (Lipinski definition) is 5. The number of anilines is 1. The van der Waals surface area contributed by atoms with Crippen molar-refractivity contribution in [2.75, 3.05) is 5.32 Å². The molecule has 2 aromatic rings. The van der Waals surface area contributed by atoms with Gasteiger partial charge in [-0.05, 0) is 46.1 Å². The summed E-state index contributed by atoms with van der Waals surface area (Å²) >= 11 is 3.12. The molecule has 128 valence electrons. The molecular weight excluding hydrogens is 378 g/mol. The molecule has 0 spiro atoms. The maximum absolute atomic E-state index is 11.2. The molecule has 0 saturated carbocycles. The highest BCUT2D eigenvalue weighted by Crippen LogP contribution is 2.37. The number of aromatic hydroxyl groups is 3. The molecule has 0 atom stereocenters. The number of benzene rings is 2. The minimum atomic E-state index is -1.20. The number of halogens is 1. The van der Waals surface area contributed by atoms with Crippen LogP contribution in [0.2, 0.25) is 0 Å². The van der Waals surface area contributed by atoms with E-state index >= 15 is 0 Å². The third-order valence-electron chi connectivity index (χ3n) is 3.64. The Morgan fingerprint density at radius 3 is 2.42 bits per heavy atom. The average Bonchev–Trinajstić information content (AvgIpc) is 2.48. The monoisotopic (exact) mass is 395 g/mol. The molecule has 2 rings (SSSR count). The van der Waals surface area contributed by atoms with Crippen LogP contribution in [0.25, 0.3) is 0 Å². The van der Waals surface area contributed by atoms with E-state index in [4.69, 9.17) is 5.11 Å². The molecule has 6 nitrogen and oxygen atoms in total. The fourth-order valence-electron chi connectivity index (χ4n) is 2.45.